The molecule has 0 saturated carbocycles. The van der Waals surface area contributed by atoms with Crippen LogP contribution in [0.1, 0.15) is 43.5 Å². The molecule has 1 aromatic heterocycles. The summed E-state index contributed by atoms with van der Waals surface area (Å²) in [6, 6.07) is 13.3. The number of hydrogen-bond donors (Lipinski definition) is 1. The van der Waals surface area contributed by atoms with Crippen molar-refractivity contribution in [3.8, 4) is 0 Å². The Hall–Kier alpha value is -1.83. The Morgan fingerprint density at radius 2 is 1.80 bits per heavy atom. The van der Waals surface area contributed by atoms with Crippen LogP contribution < -0.4 is 5.32 Å². The molecule has 0 fully saturated rings. The molecule has 0 aliphatic rings. The molecule has 0 amide bonds. The smallest absolute Gasteiger partial charge is 0.126 e. The number of rotatable bonds is 5. The molecule has 2 nitrogen and oxygen atoms in total. The molecule has 2 heteroatoms. The average Bonchev–Trinajstić information content (AvgIpc) is 2.45. The number of pyridine rings is 1. The van der Waals surface area contributed by atoms with E-state index in [4.69, 9.17) is 0 Å². The zero-order chi connectivity index (χ0) is 14.5. The van der Waals surface area contributed by atoms with Crippen LogP contribution in [0.3, 0.4) is 0 Å². The van der Waals surface area contributed by atoms with Gasteiger partial charge in [0.15, 0.2) is 0 Å². The molecule has 2 rings (SSSR count). The molecule has 1 unspecified atom stereocenters. The van der Waals surface area contributed by atoms with Crippen molar-refractivity contribution in [2.24, 2.45) is 5.92 Å². The first-order chi connectivity index (χ1) is 9.60. The molecule has 0 bridgehead atoms. The fraction of sp³-hybridized carbons (Fsp3) is 0.389. The summed E-state index contributed by atoms with van der Waals surface area (Å²) >= 11 is 0. The number of anilines is 1. The summed E-state index contributed by atoms with van der Waals surface area (Å²) in [6.07, 6.45) is 2.94. The van der Waals surface area contributed by atoms with Crippen LogP contribution in [-0.4, -0.2) is 4.98 Å². The van der Waals surface area contributed by atoms with Gasteiger partial charge in [-0.15, -0.1) is 0 Å². The van der Waals surface area contributed by atoms with Crippen LogP contribution >= 0.6 is 0 Å². The summed E-state index contributed by atoms with van der Waals surface area (Å²) in [7, 11) is 0. The lowest BCUT2D eigenvalue weighted by molar-refractivity contribution is 0.544. The zero-order valence-electron chi connectivity index (χ0n) is 12.9. The molecule has 2 aromatic rings. The van der Waals surface area contributed by atoms with Crippen molar-refractivity contribution in [3.63, 3.8) is 0 Å². The van der Waals surface area contributed by atoms with Gasteiger partial charge in [0, 0.05) is 6.20 Å². The van der Waals surface area contributed by atoms with E-state index in [0.717, 1.165) is 12.2 Å². The highest BCUT2D eigenvalue weighted by atomic mass is 15.0. The van der Waals surface area contributed by atoms with Crippen molar-refractivity contribution in [2.75, 3.05) is 5.32 Å². The van der Waals surface area contributed by atoms with Crippen LogP contribution in [0, 0.1) is 12.8 Å². The van der Waals surface area contributed by atoms with Gasteiger partial charge in [0.25, 0.3) is 0 Å². The van der Waals surface area contributed by atoms with Gasteiger partial charge in [0.05, 0.1) is 6.04 Å². The predicted octanol–water partition coefficient (Wildman–Crippen LogP) is 4.76. The Morgan fingerprint density at radius 1 is 1.10 bits per heavy atom. The third-order valence-electron chi connectivity index (χ3n) is 3.63. The Morgan fingerprint density at radius 3 is 2.35 bits per heavy atom. The third kappa shape index (κ3) is 3.60. The van der Waals surface area contributed by atoms with Gasteiger partial charge in [-0.3, -0.25) is 0 Å². The molecule has 1 heterocycles. The second-order valence-corrected chi connectivity index (χ2v) is 5.68. The summed E-state index contributed by atoms with van der Waals surface area (Å²) in [6.45, 7) is 8.75. The number of aromatic nitrogens is 1. The summed E-state index contributed by atoms with van der Waals surface area (Å²) < 4.78 is 0. The van der Waals surface area contributed by atoms with Crippen molar-refractivity contribution in [3.05, 3.63) is 59.3 Å². The highest BCUT2D eigenvalue weighted by molar-refractivity contribution is 5.41. The molecule has 106 valence electrons. The van der Waals surface area contributed by atoms with Gasteiger partial charge in [-0.1, -0.05) is 45.0 Å². The number of aryl methyl sites for hydroxylation is 2. The van der Waals surface area contributed by atoms with E-state index in [1.807, 2.05) is 12.3 Å². The van der Waals surface area contributed by atoms with E-state index < -0.39 is 0 Å². The molecule has 0 aliphatic heterocycles. The quantitative estimate of drug-likeness (QED) is 0.845. The number of benzene rings is 1. The molecule has 1 aromatic carbocycles. The SMILES string of the molecule is CCc1ccc(C(Nc2cc(C)ccn2)C(C)C)cc1. The Labute approximate surface area is 122 Å². The van der Waals surface area contributed by atoms with Gasteiger partial charge in [0.1, 0.15) is 5.82 Å². The zero-order valence-corrected chi connectivity index (χ0v) is 12.9. The molecule has 20 heavy (non-hydrogen) atoms. The van der Waals surface area contributed by atoms with E-state index in [9.17, 15) is 0 Å². The van der Waals surface area contributed by atoms with E-state index in [1.54, 1.807) is 0 Å². The molecule has 0 radical (unpaired) electrons. The van der Waals surface area contributed by atoms with E-state index >= 15 is 0 Å². The highest BCUT2D eigenvalue weighted by Gasteiger charge is 2.16. The first-order valence-corrected chi connectivity index (χ1v) is 7.38. The minimum Gasteiger partial charge on any atom is -0.363 e. The second-order valence-electron chi connectivity index (χ2n) is 5.68. The van der Waals surface area contributed by atoms with E-state index in [2.05, 4.69) is 68.3 Å². The fourth-order valence-electron chi connectivity index (χ4n) is 2.37. The fourth-order valence-corrected chi connectivity index (χ4v) is 2.37. The number of nitrogens with zero attached hydrogens (tertiary/aromatic N) is 1. The van der Waals surface area contributed by atoms with E-state index in [1.165, 1.54) is 16.7 Å². The standard InChI is InChI=1S/C18H24N2/c1-5-15-6-8-16(9-7-15)18(13(2)3)20-17-12-14(4)10-11-19-17/h6-13,18H,5H2,1-4H3,(H,19,20). The molecular formula is C18H24N2. The van der Waals surface area contributed by atoms with Crippen LogP contribution in [0.4, 0.5) is 5.82 Å². The normalized spacial score (nSPS) is 12.4. The topological polar surface area (TPSA) is 24.9 Å². The molecule has 0 spiro atoms. The van der Waals surface area contributed by atoms with Crippen molar-refractivity contribution in [1.82, 2.24) is 4.98 Å². The van der Waals surface area contributed by atoms with Crippen LogP contribution in [-0.2, 0) is 6.42 Å². The molecule has 1 atom stereocenters. The Bertz CT molecular complexity index is 544. The third-order valence-corrected chi connectivity index (χ3v) is 3.63. The summed E-state index contributed by atoms with van der Waals surface area (Å²) in [4.78, 5) is 4.41. The lowest BCUT2D eigenvalue weighted by Gasteiger charge is -2.24. The van der Waals surface area contributed by atoms with Crippen LogP contribution in [0.15, 0.2) is 42.6 Å². The van der Waals surface area contributed by atoms with Crippen molar-refractivity contribution >= 4 is 5.82 Å². The monoisotopic (exact) mass is 268 g/mol. The van der Waals surface area contributed by atoms with Gasteiger partial charge in [-0.2, -0.15) is 0 Å². The van der Waals surface area contributed by atoms with Gasteiger partial charge >= 0.3 is 0 Å². The molecule has 0 saturated heterocycles. The molecule has 0 aliphatic carbocycles. The first-order valence-electron chi connectivity index (χ1n) is 7.38. The van der Waals surface area contributed by atoms with Gasteiger partial charge in [0.2, 0.25) is 0 Å². The molecule has 1 N–H and O–H groups in total. The van der Waals surface area contributed by atoms with Crippen molar-refractivity contribution in [2.45, 2.75) is 40.2 Å². The summed E-state index contributed by atoms with van der Waals surface area (Å²) in [5.41, 5.74) is 3.93. The lowest BCUT2D eigenvalue weighted by atomic mass is 9.95. The maximum atomic E-state index is 4.41. The van der Waals surface area contributed by atoms with E-state index in [-0.39, 0.29) is 6.04 Å². The maximum Gasteiger partial charge on any atom is 0.126 e. The van der Waals surface area contributed by atoms with Crippen LogP contribution in [0.2, 0.25) is 0 Å². The minimum atomic E-state index is 0.287. The second kappa shape index (κ2) is 6.56. The highest BCUT2D eigenvalue weighted by Crippen LogP contribution is 2.26. The predicted molar refractivity (Wildman–Crippen MR) is 86.0 cm³/mol. The van der Waals surface area contributed by atoms with Gasteiger partial charge in [-0.25, -0.2) is 4.98 Å². The van der Waals surface area contributed by atoms with Crippen molar-refractivity contribution in [1.29, 1.82) is 0 Å². The van der Waals surface area contributed by atoms with Crippen LogP contribution in [0.5, 0.6) is 0 Å². The van der Waals surface area contributed by atoms with Crippen molar-refractivity contribution < 1.29 is 0 Å². The summed E-state index contributed by atoms with van der Waals surface area (Å²) in [5, 5.41) is 3.56. The number of hydrogen-bond acceptors (Lipinski definition) is 2. The summed E-state index contributed by atoms with van der Waals surface area (Å²) in [5.74, 6) is 1.45. The number of nitrogens with one attached hydrogen (secondary N) is 1. The van der Waals surface area contributed by atoms with E-state index in [0.29, 0.717) is 5.92 Å². The largest absolute Gasteiger partial charge is 0.363 e. The Balaban J connectivity index is 2.22. The van der Waals surface area contributed by atoms with Crippen LogP contribution in [0.25, 0.3) is 0 Å². The maximum absolute atomic E-state index is 4.41. The van der Waals surface area contributed by atoms with Gasteiger partial charge < -0.3 is 5.32 Å². The average molecular weight is 268 g/mol. The first kappa shape index (κ1) is 14.6. The molecular weight excluding hydrogens is 244 g/mol. The Kier molecular flexibility index (Phi) is 4.78. The minimum absolute atomic E-state index is 0.287. The lowest BCUT2D eigenvalue weighted by Crippen LogP contribution is -2.17. The van der Waals surface area contributed by atoms with Gasteiger partial charge in [-0.05, 0) is 48.1 Å².